The molecule has 0 fully saturated rings. The molecule has 176 valence electrons. The van der Waals surface area contributed by atoms with Gasteiger partial charge in [0.1, 0.15) is 23.0 Å². The smallest absolute Gasteiger partial charge is 0.322 e. The lowest BCUT2D eigenvalue weighted by Gasteiger charge is -2.27. The summed E-state index contributed by atoms with van der Waals surface area (Å²) in [6.07, 6.45) is 5.52. The minimum absolute atomic E-state index is 0.112. The Kier molecular flexibility index (Phi) is 14.7. The van der Waals surface area contributed by atoms with E-state index in [4.69, 9.17) is 25.4 Å². The first kappa shape index (κ1) is 29.6. The second-order valence-electron chi connectivity index (χ2n) is 7.00. The fraction of sp³-hybridized carbons (Fsp3) is 0.700. The highest BCUT2D eigenvalue weighted by Gasteiger charge is 2.40. The van der Waals surface area contributed by atoms with Gasteiger partial charge in [-0.15, -0.1) is 6.42 Å². The van der Waals surface area contributed by atoms with Crippen molar-refractivity contribution in [1.82, 2.24) is 0 Å². The number of esters is 4. The molecule has 0 N–H and O–H groups in total. The predicted octanol–water partition coefficient (Wildman–Crippen LogP) is 3.15. The van der Waals surface area contributed by atoms with Gasteiger partial charge in [-0.05, 0) is 27.7 Å². The molecular formula is C20H29BrO8S2. The monoisotopic (exact) mass is 540 g/mol. The molecule has 0 heterocycles. The standard InChI is InChI=1S/C20H29BrO8S2/c1-6-10-27-18(25)20(5,14-29-17(24)19(3,4)21)13-28-16(23)9-12-31-30-11-8-15(22)26-7-2/h1H,7-14H2,2-5H3. The van der Waals surface area contributed by atoms with E-state index in [0.29, 0.717) is 24.5 Å². The molecule has 0 aromatic carbocycles. The molecule has 0 saturated heterocycles. The van der Waals surface area contributed by atoms with E-state index in [1.54, 1.807) is 20.8 Å². The van der Waals surface area contributed by atoms with E-state index < -0.39 is 27.6 Å². The summed E-state index contributed by atoms with van der Waals surface area (Å²) < 4.78 is 19.3. The molecule has 11 heteroatoms. The van der Waals surface area contributed by atoms with Crippen molar-refractivity contribution in [2.45, 2.75) is 44.9 Å². The molecule has 0 amide bonds. The van der Waals surface area contributed by atoms with Gasteiger partial charge in [-0.25, -0.2) is 0 Å². The fourth-order valence-corrected chi connectivity index (χ4v) is 3.81. The van der Waals surface area contributed by atoms with Crippen LogP contribution in [0.3, 0.4) is 0 Å². The third-order valence-electron chi connectivity index (χ3n) is 3.51. The Bertz CT molecular complexity index is 657. The Morgan fingerprint density at radius 2 is 1.39 bits per heavy atom. The van der Waals surface area contributed by atoms with Crippen LogP contribution in [0.4, 0.5) is 0 Å². The van der Waals surface area contributed by atoms with E-state index in [1.165, 1.54) is 28.5 Å². The van der Waals surface area contributed by atoms with Crippen molar-refractivity contribution < 1.29 is 38.1 Å². The van der Waals surface area contributed by atoms with Crippen molar-refractivity contribution in [2.75, 3.05) is 37.9 Å². The van der Waals surface area contributed by atoms with Crippen LogP contribution in [0.1, 0.15) is 40.5 Å². The average molecular weight is 541 g/mol. The summed E-state index contributed by atoms with van der Waals surface area (Å²) in [5, 5.41) is 0. The van der Waals surface area contributed by atoms with Crippen molar-refractivity contribution in [1.29, 1.82) is 0 Å². The predicted molar refractivity (Wildman–Crippen MR) is 124 cm³/mol. The van der Waals surface area contributed by atoms with Crippen LogP contribution < -0.4 is 0 Å². The second kappa shape index (κ2) is 15.4. The lowest BCUT2D eigenvalue weighted by molar-refractivity contribution is -0.169. The van der Waals surface area contributed by atoms with Gasteiger partial charge in [0.25, 0.3) is 0 Å². The molecule has 0 aliphatic rings. The number of rotatable bonds is 15. The summed E-state index contributed by atoms with van der Waals surface area (Å²) in [6, 6.07) is 0. The minimum Gasteiger partial charge on any atom is -0.466 e. The molecule has 0 aliphatic carbocycles. The van der Waals surface area contributed by atoms with Gasteiger partial charge in [0.05, 0.1) is 19.4 Å². The number of carbonyl (C=O) groups excluding carboxylic acids is 4. The number of alkyl halides is 1. The number of halogens is 1. The molecule has 0 spiro atoms. The van der Waals surface area contributed by atoms with Crippen molar-refractivity contribution in [3.63, 3.8) is 0 Å². The van der Waals surface area contributed by atoms with Gasteiger partial charge in [0.2, 0.25) is 0 Å². The van der Waals surface area contributed by atoms with Crippen LogP contribution in [0, 0.1) is 17.8 Å². The second-order valence-corrected chi connectivity index (χ2v) is 11.7. The van der Waals surface area contributed by atoms with E-state index >= 15 is 0 Å². The van der Waals surface area contributed by atoms with Crippen LogP contribution in [0.25, 0.3) is 0 Å². The highest BCUT2D eigenvalue weighted by Crippen LogP contribution is 2.25. The molecule has 0 rings (SSSR count). The van der Waals surface area contributed by atoms with E-state index in [9.17, 15) is 19.2 Å². The summed E-state index contributed by atoms with van der Waals surface area (Å²) in [4.78, 5) is 47.6. The summed E-state index contributed by atoms with van der Waals surface area (Å²) >= 11 is 3.18. The van der Waals surface area contributed by atoms with Crippen molar-refractivity contribution in [3.8, 4) is 12.3 Å². The minimum atomic E-state index is -1.40. The van der Waals surface area contributed by atoms with E-state index in [0.717, 1.165) is 0 Å². The number of hydrogen-bond donors (Lipinski definition) is 0. The maximum Gasteiger partial charge on any atom is 0.322 e. The first-order valence-electron chi connectivity index (χ1n) is 9.48. The summed E-state index contributed by atoms with van der Waals surface area (Å²) in [7, 11) is 2.88. The molecule has 1 unspecified atom stereocenters. The Morgan fingerprint density at radius 1 is 0.871 bits per heavy atom. The molecule has 1 atom stereocenters. The van der Waals surface area contributed by atoms with Gasteiger partial charge in [-0.3, -0.25) is 19.2 Å². The van der Waals surface area contributed by atoms with Crippen LogP contribution >= 0.6 is 37.5 Å². The largest absolute Gasteiger partial charge is 0.466 e. The first-order chi connectivity index (χ1) is 14.5. The van der Waals surface area contributed by atoms with Gasteiger partial charge in [-0.1, -0.05) is 43.4 Å². The zero-order chi connectivity index (χ0) is 23.9. The Hall–Kier alpha value is -1.38. The lowest BCUT2D eigenvalue weighted by atomic mass is 9.93. The van der Waals surface area contributed by atoms with Crippen LogP contribution in [0.2, 0.25) is 0 Å². The molecular weight excluding hydrogens is 512 g/mol. The zero-order valence-electron chi connectivity index (χ0n) is 18.2. The molecule has 8 nitrogen and oxygen atoms in total. The van der Waals surface area contributed by atoms with Crippen LogP contribution in [0.15, 0.2) is 0 Å². The normalized spacial score (nSPS) is 12.8. The molecule has 31 heavy (non-hydrogen) atoms. The summed E-state index contributed by atoms with van der Waals surface area (Å²) in [5.74, 6) is 1.15. The van der Waals surface area contributed by atoms with Gasteiger partial charge < -0.3 is 18.9 Å². The molecule has 0 bridgehead atoms. The summed E-state index contributed by atoms with van der Waals surface area (Å²) in [5.41, 5.74) is -1.40. The van der Waals surface area contributed by atoms with Crippen LogP contribution in [-0.2, 0) is 38.1 Å². The number of hydrogen-bond acceptors (Lipinski definition) is 10. The number of ether oxygens (including phenoxy) is 4. The molecule has 0 aromatic rings. The third kappa shape index (κ3) is 13.6. The van der Waals surface area contributed by atoms with Gasteiger partial charge in [0.15, 0.2) is 6.61 Å². The zero-order valence-corrected chi connectivity index (χ0v) is 21.4. The fourth-order valence-electron chi connectivity index (χ4n) is 1.75. The molecule has 0 saturated carbocycles. The number of carbonyl (C=O) groups is 4. The van der Waals surface area contributed by atoms with Crippen molar-refractivity contribution in [2.24, 2.45) is 5.41 Å². The van der Waals surface area contributed by atoms with E-state index in [2.05, 4.69) is 21.9 Å². The van der Waals surface area contributed by atoms with Crippen molar-refractivity contribution in [3.05, 3.63) is 0 Å². The van der Waals surface area contributed by atoms with Crippen molar-refractivity contribution >= 4 is 61.4 Å². The SMILES string of the molecule is C#CCOC(=O)C(C)(COC(=O)CCSSCCC(=O)OCC)COC(=O)C(C)(C)Br. The summed E-state index contributed by atoms with van der Waals surface area (Å²) in [6.45, 7) is 5.86. The van der Waals surface area contributed by atoms with Gasteiger partial charge in [-0.2, -0.15) is 0 Å². The number of terminal acetylenes is 1. The molecule has 0 radical (unpaired) electrons. The maximum atomic E-state index is 12.4. The maximum absolute atomic E-state index is 12.4. The van der Waals surface area contributed by atoms with E-state index in [1.807, 2.05) is 0 Å². The average Bonchev–Trinajstić information content (AvgIpc) is 2.70. The highest BCUT2D eigenvalue weighted by molar-refractivity contribution is 9.10. The van der Waals surface area contributed by atoms with E-state index in [-0.39, 0.29) is 32.2 Å². The first-order valence-corrected chi connectivity index (χ1v) is 12.8. The van der Waals surface area contributed by atoms with Gasteiger partial charge in [0, 0.05) is 11.5 Å². The van der Waals surface area contributed by atoms with Crippen LogP contribution in [-0.4, -0.2) is 66.1 Å². The topological polar surface area (TPSA) is 105 Å². The molecule has 0 aliphatic heterocycles. The van der Waals surface area contributed by atoms with Crippen LogP contribution in [0.5, 0.6) is 0 Å². The molecule has 0 aromatic heterocycles. The van der Waals surface area contributed by atoms with Gasteiger partial charge >= 0.3 is 23.9 Å². The Balaban J connectivity index is 4.52. The Morgan fingerprint density at radius 3 is 1.87 bits per heavy atom. The Labute approximate surface area is 199 Å². The quantitative estimate of drug-likeness (QED) is 0.0767. The highest BCUT2D eigenvalue weighted by atomic mass is 79.9. The lowest BCUT2D eigenvalue weighted by Crippen LogP contribution is -2.42. The third-order valence-corrected chi connectivity index (χ3v) is 6.24.